The van der Waals surface area contributed by atoms with Crippen LogP contribution < -0.4 is 4.74 Å². The summed E-state index contributed by atoms with van der Waals surface area (Å²) in [4.78, 5) is 17.0. The molecule has 1 heterocycles. The minimum atomic E-state index is -0.513. The van der Waals surface area contributed by atoms with E-state index in [-0.39, 0.29) is 5.91 Å². The van der Waals surface area contributed by atoms with Crippen LogP contribution in [-0.4, -0.2) is 36.0 Å². The van der Waals surface area contributed by atoms with Crippen molar-refractivity contribution in [3.63, 3.8) is 0 Å². The summed E-state index contributed by atoms with van der Waals surface area (Å²) < 4.78 is 6.07. The zero-order valence-electron chi connectivity index (χ0n) is 8.90. The van der Waals surface area contributed by atoms with E-state index in [4.69, 9.17) is 4.74 Å². The third kappa shape index (κ3) is 3.20. The first-order valence-electron chi connectivity index (χ1n) is 4.50. The molecular weight excluding hydrogens is 260 g/mol. The van der Waals surface area contributed by atoms with Crippen LogP contribution in [0.4, 0.5) is 0 Å². The molecule has 1 atom stereocenters. The number of likely N-dealkylation sites (N-methyl/N-ethyl adjacent to an activating group) is 1. The molecule has 0 aliphatic rings. The second-order valence-corrected chi connectivity index (χ2v) is 4.04. The minimum absolute atomic E-state index is 0.0780. The predicted octanol–water partition coefficient (Wildman–Crippen LogP) is 1.70. The fraction of sp³-hybridized carbons (Fsp3) is 0.400. The summed E-state index contributed by atoms with van der Waals surface area (Å²) in [5, 5.41) is 0. The molecule has 1 unspecified atom stereocenters. The van der Waals surface area contributed by atoms with Gasteiger partial charge in [-0.2, -0.15) is 0 Å². The zero-order valence-corrected chi connectivity index (χ0v) is 10.5. The van der Waals surface area contributed by atoms with Crippen molar-refractivity contribution < 1.29 is 9.53 Å². The summed E-state index contributed by atoms with van der Waals surface area (Å²) in [5.41, 5.74) is 0. The Morgan fingerprint density at radius 1 is 1.60 bits per heavy atom. The number of rotatable bonds is 3. The first-order chi connectivity index (χ1) is 7.02. The lowest BCUT2D eigenvalue weighted by Gasteiger charge is -2.18. The third-order valence-electron chi connectivity index (χ3n) is 1.82. The van der Waals surface area contributed by atoms with Gasteiger partial charge in [0.15, 0.2) is 11.9 Å². The summed E-state index contributed by atoms with van der Waals surface area (Å²) in [7, 11) is 3.39. The lowest BCUT2D eigenvalue weighted by atomic mass is 10.3. The molecule has 0 saturated heterocycles. The van der Waals surface area contributed by atoms with Crippen molar-refractivity contribution in [3.05, 3.63) is 22.9 Å². The molecule has 0 aromatic carbocycles. The van der Waals surface area contributed by atoms with Gasteiger partial charge in [-0.1, -0.05) is 0 Å². The minimum Gasteiger partial charge on any atom is -0.478 e. The Kier molecular flexibility index (Phi) is 4.08. The number of halogens is 1. The highest BCUT2D eigenvalue weighted by atomic mass is 79.9. The molecule has 1 aromatic heterocycles. The number of pyridine rings is 1. The van der Waals surface area contributed by atoms with Gasteiger partial charge in [0.25, 0.3) is 5.91 Å². The highest BCUT2D eigenvalue weighted by molar-refractivity contribution is 9.10. The highest BCUT2D eigenvalue weighted by Crippen LogP contribution is 2.22. The average molecular weight is 273 g/mol. The zero-order chi connectivity index (χ0) is 11.4. The number of nitrogens with zero attached hydrogens (tertiary/aromatic N) is 2. The van der Waals surface area contributed by atoms with Crippen molar-refractivity contribution in [1.82, 2.24) is 9.88 Å². The van der Waals surface area contributed by atoms with E-state index in [0.717, 1.165) is 0 Å². The number of ether oxygens (including phenoxy) is 1. The molecule has 0 N–H and O–H groups in total. The Morgan fingerprint density at radius 2 is 2.27 bits per heavy atom. The van der Waals surface area contributed by atoms with E-state index >= 15 is 0 Å². The molecule has 82 valence electrons. The van der Waals surface area contributed by atoms with Crippen molar-refractivity contribution >= 4 is 21.8 Å². The van der Waals surface area contributed by atoms with E-state index in [2.05, 4.69) is 20.9 Å². The largest absolute Gasteiger partial charge is 0.478 e. The van der Waals surface area contributed by atoms with Crippen LogP contribution in [0.15, 0.2) is 22.9 Å². The monoisotopic (exact) mass is 272 g/mol. The Bertz CT molecular complexity index is 355. The smallest absolute Gasteiger partial charge is 0.262 e. The van der Waals surface area contributed by atoms with Crippen LogP contribution in [-0.2, 0) is 4.79 Å². The quantitative estimate of drug-likeness (QED) is 0.787. The molecule has 0 aliphatic heterocycles. The van der Waals surface area contributed by atoms with Crippen LogP contribution in [0, 0.1) is 0 Å². The summed E-state index contributed by atoms with van der Waals surface area (Å²) in [5.74, 6) is 0.492. The molecule has 4 nitrogen and oxygen atoms in total. The van der Waals surface area contributed by atoms with Gasteiger partial charge in [0.1, 0.15) is 4.60 Å². The fourth-order valence-electron chi connectivity index (χ4n) is 1.06. The van der Waals surface area contributed by atoms with Crippen molar-refractivity contribution in [3.8, 4) is 5.75 Å². The van der Waals surface area contributed by atoms with Gasteiger partial charge < -0.3 is 9.64 Å². The Hall–Kier alpha value is -1.10. The molecule has 15 heavy (non-hydrogen) atoms. The normalized spacial score (nSPS) is 12.0. The molecule has 1 rings (SSSR count). The summed E-state index contributed by atoms with van der Waals surface area (Å²) >= 11 is 3.25. The fourth-order valence-corrected chi connectivity index (χ4v) is 1.41. The average Bonchev–Trinajstić information content (AvgIpc) is 2.20. The molecule has 0 saturated carbocycles. The number of carbonyl (C=O) groups is 1. The molecule has 0 bridgehead atoms. The van der Waals surface area contributed by atoms with E-state index in [9.17, 15) is 4.79 Å². The van der Waals surface area contributed by atoms with E-state index in [1.54, 1.807) is 39.3 Å². The SMILES string of the molecule is CC(Oc1cccnc1Br)C(=O)N(C)C. The predicted molar refractivity (Wildman–Crippen MR) is 60.7 cm³/mol. The summed E-state index contributed by atoms with van der Waals surface area (Å²) in [6, 6.07) is 3.52. The van der Waals surface area contributed by atoms with E-state index in [0.29, 0.717) is 10.4 Å². The molecule has 1 amide bonds. The van der Waals surface area contributed by atoms with E-state index < -0.39 is 6.10 Å². The Labute approximate surface area is 97.4 Å². The maximum atomic E-state index is 11.5. The molecular formula is C10H13BrN2O2. The van der Waals surface area contributed by atoms with Crippen LogP contribution in [0.2, 0.25) is 0 Å². The number of hydrogen-bond acceptors (Lipinski definition) is 3. The van der Waals surface area contributed by atoms with Gasteiger partial charge in [-0.05, 0) is 35.0 Å². The van der Waals surface area contributed by atoms with Gasteiger partial charge in [0.2, 0.25) is 0 Å². The van der Waals surface area contributed by atoms with Crippen molar-refractivity contribution in [2.24, 2.45) is 0 Å². The second-order valence-electron chi connectivity index (χ2n) is 3.29. The van der Waals surface area contributed by atoms with Crippen molar-refractivity contribution in [1.29, 1.82) is 0 Å². The number of hydrogen-bond donors (Lipinski definition) is 0. The van der Waals surface area contributed by atoms with Crippen LogP contribution in [0.3, 0.4) is 0 Å². The van der Waals surface area contributed by atoms with Gasteiger partial charge in [-0.15, -0.1) is 0 Å². The molecule has 0 spiro atoms. The van der Waals surface area contributed by atoms with Gasteiger partial charge >= 0.3 is 0 Å². The van der Waals surface area contributed by atoms with Crippen LogP contribution in [0.1, 0.15) is 6.92 Å². The number of aromatic nitrogens is 1. The summed E-state index contributed by atoms with van der Waals surface area (Å²) in [6.07, 6.45) is 1.13. The number of amides is 1. The van der Waals surface area contributed by atoms with E-state index in [1.807, 2.05) is 0 Å². The lowest BCUT2D eigenvalue weighted by Crippen LogP contribution is -2.35. The highest BCUT2D eigenvalue weighted by Gasteiger charge is 2.17. The Balaban J connectivity index is 2.71. The Morgan fingerprint density at radius 3 is 2.80 bits per heavy atom. The maximum Gasteiger partial charge on any atom is 0.262 e. The van der Waals surface area contributed by atoms with Gasteiger partial charge in [0, 0.05) is 20.3 Å². The van der Waals surface area contributed by atoms with Gasteiger partial charge in [-0.3, -0.25) is 4.79 Å². The second kappa shape index (κ2) is 5.11. The first kappa shape index (κ1) is 12.0. The molecule has 0 aliphatic carbocycles. The summed E-state index contributed by atoms with van der Waals surface area (Å²) in [6.45, 7) is 1.71. The topological polar surface area (TPSA) is 42.4 Å². The van der Waals surface area contributed by atoms with Gasteiger partial charge in [-0.25, -0.2) is 4.98 Å². The first-order valence-corrected chi connectivity index (χ1v) is 5.30. The molecule has 0 radical (unpaired) electrons. The van der Waals surface area contributed by atoms with Crippen molar-refractivity contribution in [2.45, 2.75) is 13.0 Å². The molecule has 0 fully saturated rings. The molecule has 5 heteroatoms. The van der Waals surface area contributed by atoms with E-state index in [1.165, 1.54) is 4.90 Å². The third-order valence-corrected chi connectivity index (χ3v) is 2.41. The number of carbonyl (C=O) groups excluding carboxylic acids is 1. The van der Waals surface area contributed by atoms with Crippen LogP contribution in [0.25, 0.3) is 0 Å². The van der Waals surface area contributed by atoms with Crippen LogP contribution in [0.5, 0.6) is 5.75 Å². The standard InChI is InChI=1S/C10H13BrN2O2/c1-7(10(14)13(2)3)15-8-5-4-6-12-9(8)11/h4-7H,1-3H3. The lowest BCUT2D eigenvalue weighted by molar-refractivity contribution is -0.135. The van der Waals surface area contributed by atoms with Crippen LogP contribution >= 0.6 is 15.9 Å². The van der Waals surface area contributed by atoms with Crippen molar-refractivity contribution in [2.75, 3.05) is 14.1 Å². The van der Waals surface area contributed by atoms with Gasteiger partial charge in [0.05, 0.1) is 0 Å². The maximum absolute atomic E-state index is 11.5. The molecule has 1 aromatic rings.